The van der Waals surface area contributed by atoms with Crippen molar-refractivity contribution in [3.63, 3.8) is 0 Å². The van der Waals surface area contributed by atoms with Gasteiger partial charge in [0.25, 0.3) is 0 Å². The van der Waals surface area contributed by atoms with Gasteiger partial charge in [0.1, 0.15) is 19.3 Å². The Hall–Kier alpha value is -2.22. The Morgan fingerprint density at radius 2 is 1.50 bits per heavy atom. The van der Waals surface area contributed by atoms with Crippen molar-refractivity contribution in [1.82, 2.24) is 0 Å². The molecule has 0 unspecified atom stereocenters. The summed E-state index contributed by atoms with van der Waals surface area (Å²) < 4.78 is 18.3. The van der Waals surface area contributed by atoms with E-state index in [0.717, 1.165) is 15.6 Å². The van der Waals surface area contributed by atoms with Gasteiger partial charge in [0.2, 0.25) is 0 Å². The van der Waals surface area contributed by atoms with Crippen LogP contribution in [0.5, 0.6) is 0 Å². The maximum absolute atomic E-state index is 13.1. The molecule has 2 aromatic carbocycles. The first-order chi connectivity index (χ1) is 15.9. The Bertz CT molecular complexity index is 965. The summed E-state index contributed by atoms with van der Waals surface area (Å²) in [5, 5.41) is -0.0880. The molecule has 0 aliphatic carbocycles. The summed E-state index contributed by atoms with van der Waals surface area (Å²) in [5.74, 6) is -1.29. The molecule has 0 radical (unpaired) electrons. The van der Waals surface area contributed by atoms with Crippen LogP contribution in [-0.4, -0.2) is 26.4 Å². The number of hydrogen-bond donors (Lipinski definition) is 0. The van der Waals surface area contributed by atoms with Crippen molar-refractivity contribution in [2.45, 2.75) is 65.1 Å². The number of ether oxygens (including phenoxy) is 2. The predicted molar refractivity (Wildman–Crippen MR) is 141 cm³/mol. The van der Waals surface area contributed by atoms with Crippen LogP contribution in [0.25, 0.3) is 0 Å². The fraction of sp³-hybridized carbons (Fsp3) is 0.407. The number of carbonyl (C=O) groups is 2. The van der Waals surface area contributed by atoms with Crippen LogP contribution in [0.3, 0.4) is 0 Å². The van der Waals surface area contributed by atoms with Crippen LogP contribution in [0.15, 0.2) is 71.2 Å². The summed E-state index contributed by atoms with van der Waals surface area (Å²) in [6.45, 7) is 12.7. The highest BCUT2D eigenvalue weighted by Gasteiger charge is 2.42. The average molecular weight is 548 g/mol. The van der Waals surface area contributed by atoms with E-state index in [9.17, 15) is 9.59 Å². The van der Waals surface area contributed by atoms with E-state index in [-0.39, 0.29) is 24.2 Å². The van der Waals surface area contributed by atoms with Crippen LogP contribution in [0.2, 0.25) is 18.1 Å². The van der Waals surface area contributed by atoms with Gasteiger partial charge in [0, 0.05) is 16.5 Å². The lowest BCUT2D eigenvalue weighted by Crippen LogP contribution is -2.48. The van der Waals surface area contributed by atoms with Crippen molar-refractivity contribution in [3.05, 3.63) is 82.3 Å². The molecule has 0 bridgehead atoms. The number of hydrogen-bond acceptors (Lipinski definition) is 5. The minimum atomic E-state index is -2.28. The highest BCUT2D eigenvalue weighted by Crippen LogP contribution is 2.38. The molecule has 0 fully saturated rings. The zero-order chi connectivity index (χ0) is 25.4. The molecule has 34 heavy (non-hydrogen) atoms. The van der Waals surface area contributed by atoms with Gasteiger partial charge < -0.3 is 13.9 Å². The molecular formula is C27H35BrO5Si. The van der Waals surface area contributed by atoms with Crippen LogP contribution in [-0.2, 0) is 36.7 Å². The molecule has 0 aliphatic heterocycles. The molecule has 2 atom stereocenters. The first kappa shape index (κ1) is 28.0. The number of halogens is 1. The highest BCUT2D eigenvalue weighted by molar-refractivity contribution is 9.10. The summed E-state index contributed by atoms with van der Waals surface area (Å²) in [5.41, 5.74) is 1.79. The molecule has 0 saturated heterocycles. The molecule has 0 spiro atoms. The molecule has 0 aliphatic rings. The Labute approximate surface area is 212 Å². The van der Waals surface area contributed by atoms with E-state index in [1.54, 1.807) is 6.08 Å². The maximum Gasteiger partial charge on any atom is 0.334 e. The van der Waals surface area contributed by atoms with Gasteiger partial charge in [0.05, 0.1) is 0 Å². The van der Waals surface area contributed by atoms with Crippen LogP contribution >= 0.6 is 15.9 Å². The third kappa shape index (κ3) is 8.85. The molecule has 0 amide bonds. The zero-order valence-corrected chi connectivity index (χ0v) is 23.4. The summed E-state index contributed by atoms with van der Waals surface area (Å²) in [7, 11) is -2.28. The molecule has 0 saturated carbocycles. The second-order valence-corrected chi connectivity index (χ2v) is 15.5. The summed E-state index contributed by atoms with van der Waals surface area (Å²) in [4.78, 5) is 25.3. The van der Waals surface area contributed by atoms with Crippen molar-refractivity contribution in [1.29, 1.82) is 0 Å². The van der Waals surface area contributed by atoms with Gasteiger partial charge in [-0.1, -0.05) is 92.2 Å². The Balaban J connectivity index is 2.08. The third-order valence-electron chi connectivity index (χ3n) is 5.99. The second-order valence-electron chi connectivity index (χ2n) is 9.84. The Morgan fingerprint density at radius 1 is 0.941 bits per heavy atom. The highest BCUT2D eigenvalue weighted by atomic mass is 79.9. The zero-order valence-electron chi connectivity index (χ0n) is 20.8. The minimum absolute atomic E-state index is 0.0880. The first-order valence-corrected chi connectivity index (χ1v) is 15.1. The molecule has 0 aromatic heterocycles. The number of esters is 2. The number of benzene rings is 2. The molecule has 0 heterocycles. The second kappa shape index (κ2) is 12.5. The minimum Gasteiger partial charge on any atom is -0.459 e. The van der Waals surface area contributed by atoms with Crippen LogP contribution in [0.1, 0.15) is 38.8 Å². The van der Waals surface area contributed by atoms with E-state index in [2.05, 4.69) is 49.8 Å². The fourth-order valence-electron chi connectivity index (χ4n) is 2.79. The predicted octanol–water partition coefficient (Wildman–Crippen LogP) is 6.82. The van der Waals surface area contributed by atoms with E-state index in [1.807, 2.05) is 61.5 Å². The monoisotopic (exact) mass is 546 g/mol. The fourth-order valence-corrected chi connectivity index (χ4v) is 4.35. The molecule has 184 valence electrons. The van der Waals surface area contributed by atoms with Gasteiger partial charge in [-0.3, -0.25) is 0 Å². The van der Waals surface area contributed by atoms with Crippen LogP contribution in [0, 0.1) is 5.92 Å². The molecule has 5 nitrogen and oxygen atoms in total. The standard InChI is InChI=1S/C27H35BrO5Si/c1-20(12-17-24(29)31-18-21-10-8-7-9-11-21)25(33-34(5,6)27(2,3)4)26(30)32-19-22-13-15-23(28)16-14-22/h7-17,20,25H,18-19H2,1-6H3/b17-12+/t20-,25+/m1/s1. The molecule has 0 N–H and O–H groups in total. The van der Waals surface area contributed by atoms with E-state index in [1.165, 1.54) is 6.08 Å². The molecular weight excluding hydrogens is 512 g/mol. The van der Waals surface area contributed by atoms with Crippen molar-refractivity contribution in [3.8, 4) is 0 Å². The quantitative estimate of drug-likeness (QED) is 0.186. The number of carbonyl (C=O) groups excluding carboxylic acids is 2. The summed E-state index contributed by atoms with van der Waals surface area (Å²) in [6, 6.07) is 17.1. The van der Waals surface area contributed by atoms with Gasteiger partial charge in [-0.15, -0.1) is 0 Å². The van der Waals surface area contributed by atoms with E-state index >= 15 is 0 Å². The lowest BCUT2D eigenvalue weighted by molar-refractivity contribution is -0.155. The van der Waals surface area contributed by atoms with Crippen molar-refractivity contribution < 1.29 is 23.5 Å². The van der Waals surface area contributed by atoms with Crippen molar-refractivity contribution >= 4 is 36.2 Å². The van der Waals surface area contributed by atoms with E-state index in [0.29, 0.717) is 0 Å². The summed E-state index contributed by atoms with van der Waals surface area (Å²) in [6.07, 6.45) is 2.19. The maximum atomic E-state index is 13.1. The van der Waals surface area contributed by atoms with Gasteiger partial charge in [-0.05, 0) is 41.4 Å². The normalized spacial score (nSPS) is 14.0. The SMILES string of the molecule is C[C@H](/C=C/C(=O)OCc1ccccc1)[C@H](O[Si](C)(C)C(C)(C)C)C(=O)OCc1ccc(Br)cc1. The smallest absolute Gasteiger partial charge is 0.334 e. The van der Waals surface area contributed by atoms with Crippen LogP contribution < -0.4 is 0 Å². The topological polar surface area (TPSA) is 61.8 Å². The van der Waals surface area contributed by atoms with Gasteiger partial charge in [-0.2, -0.15) is 0 Å². The van der Waals surface area contributed by atoms with Crippen molar-refractivity contribution in [2.24, 2.45) is 5.92 Å². The van der Waals surface area contributed by atoms with Crippen LogP contribution in [0.4, 0.5) is 0 Å². The molecule has 2 rings (SSSR count). The van der Waals surface area contributed by atoms with Gasteiger partial charge >= 0.3 is 11.9 Å². The molecule has 2 aromatic rings. The lowest BCUT2D eigenvalue weighted by Gasteiger charge is -2.39. The summed E-state index contributed by atoms with van der Waals surface area (Å²) >= 11 is 3.40. The third-order valence-corrected chi connectivity index (χ3v) is 11.0. The first-order valence-electron chi connectivity index (χ1n) is 11.4. The lowest BCUT2D eigenvalue weighted by atomic mass is 10.0. The average Bonchev–Trinajstić information content (AvgIpc) is 2.79. The molecule has 7 heteroatoms. The van der Waals surface area contributed by atoms with Gasteiger partial charge in [-0.25, -0.2) is 9.59 Å². The number of rotatable bonds is 10. The Kier molecular flexibility index (Phi) is 10.3. The van der Waals surface area contributed by atoms with Gasteiger partial charge in [0.15, 0.2) is 8.32 Å². The van der Waals surface area contributed by atoms with E-state index < -0.39 is 26.4 Å². The largest absolute Gasteiger partial charge is 0.459 e. The van der Waals surface area contributed by atoms with Crippen molar-refractivity contribution in [2.75, 3.05) is 0 Å². The Morgan fingerprint density at radius 3 is 2.09 bits per heavy atom. The van der Waals surface area contributed by atoms with E-state index in [4.69, 9.17) is 13.9 Å².